The molecule has 1 aliphatic rings. The molecule has 10 heteroatoms. The molecule has 0 N–H and O–H groups in total. The van der Waals surface area contributed by atoms with Crippen molar-refractivity contribution in [1.82, 2.24) is 30.0 Å². The predicted octanol–water partition coefficient (Wildman–Crippen LogP) is 3.08. The molecule has 1 saturated heterocycles. The maximum atomic E-state index is 14.0. The van der Waals surface area contributed by atoms with Crippen LogP contribution in [0, 0.1) is 5.82 Å². The van der Waals surface area contributed by atoms with Crippen LogP contribution in [0.15, 0.2) is 28.9 Å². The first-order chi connectivity index (χ1) is 14.5. The van der Waals surface area contributed by atoms with Crippen molar-refractivity contribution in [3.63, 3.8) is 0 Å². The molecule has 0 spiro atoms. The second-order valence-electron chi connectivity index (χ2n) is 7.59. The van der Waals surface area contributed by atoms with Crippen molar-refractivity contribution >= 4 is 5.91 Å². The zero-order chi connectivity index (χ0) is 21.3. The van der Waals surface area contributed by atoms with Crippen LogP contribution in [-0.4, -0.2) is 56.1 Å². The Hall–Kier alpha value is -3.30. The van der Waals surface area contributed by atoms with Gasteiger partial charge in [0.25, 0.3) is 11.8 Å². The zero-order valence-electron chi connectivity index (χ0n) is 17.1. The molecule has 4 rings (SSSR count). The molecular weight excluding hydrogens is 391 g/mol. The van der Waals surface area contributed by atoms with Gasteiger partial charge in [0.1, 0.15) is 0 Å². The van der Waals surface area contributed by atoms with Gasteiger partial charge in [-0.25, -0.2) is 9.07 Å². The van der Waals surface area contributed by atoms with E-state index in [-0.39, 0.29) is 23.6 Å². The van der Waals surface area contributed by atoms with Crippen LogP contribution in [0.3, 0.4) is 0 Å². The van der Waals surface area contributed by atoms with E-state index in [0.717, 1.165) is 12.8 Å². The minimum Gasteiger partial charge on any atom is -0.494 e. The SMILES string of the molecule is COc1ccc(C(=O)N2CCCC(n3cc(-c4nc(C(C)C)no4)nn3)C2)cc1F. The van der Waals surface area contributed by atoms with Gasteiger partial charge in [0, 0.05) is 24.6 Å². The molecule has 0 saturated carbocycles. The average molecular weight is 414 g/mol. The summed E-state index contributed by atoms with van der Waals surface area (Å²) in [6.45, 7) is 5.02. The van der Waals surface area contributed by atoms with Crippen LogP contribution in [0.5, 0.6) is 5.75 Å². The van der Waals surface area contributed by atoms with E-state index >= 15 is 0 Å². The molecule has 158 valence electrons. The van der Waals surface area contributed by atoms with E-state index in [1.807, 2.05) is 13.8 Å². The molecule has 0 radical (unpaired) electrons. The summed E-state index contributed by atoms with van der Waals surface area (Å²) in [5, 5.41) is 12.3. The van der Waals surface area contributed by atoms with Crippen LogP contribution in [-0.2, 0) is 0 Å². The van der Waals surface area contributed by atoms with Crippen LogP contribution in [0.1, 0.15) is 54.8 Å². The monoisotopic (exact) mass is 414 g/mol. The number of aromatic nitrogens is 5. The standard InChI is InChI=1S/C20H23FN6O3/c1-12(2)18-22-19(30-24-18)16-11-27(25-23-16)14-5-4-8-26(10-14)20(28)13-6-7-17(29-3)15(21)9-13/h6-7,9,11-12,14H,4-5,8,10H2,1-3H3. The highest BCUT2D eigenvalue weighted by atomic mass is 19.1. The fraction of sp³-hybridized carbons (Fsp3) is 0.450. The highest BCUT2D eigenvalue weighted by molar-refractivity contribution is 5.94. The van der Waals surface area contributed by atoms with Crippen molar-refractivity contribution in [2.45, 2.75) is 38.6 Å². The summed E-state index contributed by atoms with van der Waals surface area (Å²) in [4.78, 5) is 18.9. The molecule has 2 aromatic heterocycles. The summed E-state index contributed by atoms with van der Waals surface area (Å²) < 4.78 is 25.9. The van der Waals surface area contributed by atoms with E-state index in [1.165, 1.54) is 19.2 Å². The lowest BCUT2D eigenvalue weighted by molar-refractivity contribution is 0.0671. The van der Waals surface area contributed by atoms with E-state index in [2.05, 4.69) is 20.5 Å². The smallest absolute Gasteiger partial charge is 0.280 e. The lowest BCUT2D eigenvalue weighted by Crippen LogP contribution is -2.40. The summed E-state index contributed by atoms with van der Waals surface area (Å²) in [6, 6.07) is 4.20. The third kappa shape index (κ3) is 3.89. The molecule has 9 nitrogen and oxygen atoms in total. The number of rotatable bonds is 5. The fourth-order valence-electron chi connectivity index (χ4n) is 3.46. The number of hydrogen-bond donors (Lipinski definition) is 0. The summed E-state index contributed by atoms with van der Waals surface area (Å²) in [7, 11) is 1.39. The van der Waals surface area contributed by atoms with Crippen molar-refractivity contribution in [1.29, 1.82) is 0 Å². The third-order valence-electron chi connectivity index (χ3n) is 5.14. The van der Waals surface area contributed by atoms with Crippen LogP contribution >= 0.6 is 0 Å². The van der Waals surface area contributed by atoms with Gasteiger partial charge in [-0.1, -0.05) is 24.2 Å². The molecule has 1 aromatic carbocycles. The summed E-state index contributed by atoms with van der Waals surface area (Å²) in [6.07, 6.45) is 3.41. The molecule has 3 heterocycles. The number of carbonyl (C=O) groups is 1. The summed E-state index contributed by atoms with van der Waals surface area (Å²) >= 11 is 0. The number of piperidine rings is 1. The van der Waals surface area contributed by atoms with E-state index in [1.54, 1.807) is 21.8 Å². The van der Waals surface area contributed by atoms with Gasteiger partial charge in [-0.15, -0.1) is 5.10 Å². The normalized spacial score (nSPS) is 16.8. The van der Waals surface area contributed by atoms with Crippen LogP contribution in [0.25, 0.3) is 11.6 Å². The Balaban J connectivity index is 1.48. The average Bonchev–Trinajstić information content (AvgIpc) is 3.43. The fourth-order valence-corrected chi connectivity index (χ4v) is 3.46. The quantitative estimate of drug-likeness (QED) is 0.633. The molecule has 30 heavy (non-hydrogen) atoms. The number of nitrogens with zero attached hydrogens (tertiary/aromatic N) is 6. The van der Waals surface area contributed by atoms with Gasteiger partial charge in [-0.05, 0) is 31.0 Å². The van der Waals surface area contributed by atoms with Crippen molar-refractivity contribution in [3.8, 4) is 17.3 Å². The van der Waals surface area contributed by atoms with Gasteiger partial charge in [0.15, 0.2) is 23.1 Å². The Morgan fingerprint density at radius 1 is 1.37 bits per heavy atom. The van der Waals surface area contributed by atoms with E-state index in [4.69, 9.17) is 9.26 Å². The zero-order valence-corrected chi connectivity index (χ0v) is 17.1. The summed E-state index contributed by atoms with van der Waals surface area (Å²) in [5.41, 5.74) is 0.787. The Kier molecular flexibility index (Phi) is 5.47. The minimum atomic E-state index is -0.557. The number of benzene rings is 1. The van der Waals surface area contributed by atoms with Crippen LogP contribution < -0.4 is 4.74 Å². The van der Waals surface area contributed by atoms with Gasteiger partial charge in [0.2, 0.25) is 0 Å². The molecular formula is C20H23FN6O3. The van der Waals surface area contributed by atoms with Gasteiger partial charge < -0.3 is 14.2 Å². The topological polar surface area (TPSA) is 99.2 Å². The molecule has 3 aromatic rings. The lowest BCUT2D eigenvalue weighted by atomic mass is 10.0. The second-order valence-corrected chi connectivity index (χ2v) is 7.59. The number of hydrogen-bond acceptors (Lipinski definition) is 7. The molecule has 1 aliphatic heterocycles. The number of halogens is 1. The molecule has 1 unspecified atom stereocenters. The van der Waals surface area contributed by atoms with Gasteiger partial charge in [-0.3, -0.25) is 4.79 Å². The van der Waals surface area contributed by atoms with Crippen molar-refractivity contribution in [2.24, 2.45) is 0 Å². The van der Waals surface area contributed by atoms with Gasteiger partial charge in [0.05, 0.1) is 19.3 Å². The number of methoxy groups -OCH3 is 1. The van der Waals surface area contributed by atoms with E-state index < -0.39 is 5.82 Å². The van der Waals surface area contributed by atoms with Crippen molar-refractivity contribution < 1.29 is 18.4 Å². The first-order valence-corrected chi connectivity index (χ1v) is 9.85. The van der Waals surface area contributed by atoms with Gasteiger partial charge in [-0.2, -0.15) is 4.98 Å². The third-order valence-corrected chi connectivity index (χ3v) is 5.14. The summed E-state index contributed by atoms with van der Waals surface area (Å²) in [5.74, 6) is 0.416. The largest absolute Gasteiger partial charge is 0.494 e. The van der Waals surface area contributed by atoms with Crippen molar-refractivity contribution in [3.05, 3.63) is 41.6 Å². The van der Waals surface area contributed by atoms with Crippen molar-refractivity contribution in [2.75, 3.05) is 20.2 Å². The van der Waals surface area contributed by atoms with E-state index in [9.17, 15) is 9.18 Å². The number of amides is 1. The van der Waals surface area contributed by atoms with Crippen LogP contribution in [0.2, 0.25) is 0 Å². The second kappa shape index (κ2) is 8.21. The molecule has 1 atom stereocenters. The van der Waals surface area contributed by atoms with E-state index in [0.29, 0.717) is 36.1 Å². The lowest BCUT2D eigenvalue weighted by Gasteiger charge is -2.32. The first-order valence-electron chi connectivity index (χ1n) is 9.85. The molecule has 0 aliphatic carbocycles. The predicted molar refractivity (Wildman–Crippen MR) is 105 cm³/mol. The highest BCUT2D eigenvalue weighted by Gasteiger charge is 2.27. The maximum absolute atomic E-state index is 14.0. The Morgan fingerprint density at radius 2 is 2.20 bits per heavy atom. The molecule has 1 fully saturated rings. The minimum absolute atomic E-state index is 0.0421. The first kappa shape index (κ1) is 20.0. The Morgan fingerprint density at radius 3 is 2.90 bits per heavy atom. The van der Waals surface area contributed by atoms with Crippen LogP contribution in [0.4, 0.5) is 4.39 Å². The molecule has 1 amide bonds. The van der Waals surface area contributed by atoms with Gasteiger partial charge >= 0.3 is 0 Å². The number of likely N-dealkylation sites (tertiary alicyclic amines) is 1. The molecule has 0 bridgehead atoms. The maximum Gasteiger partial charge on any atom is 0.280 e. The number of carbonyl (C=O) groups excluding carboxylic acids is 1. The Bertz CT molecular complexity index is 1050. The number of ether oxygens (including phenoxy) is 1. The highest BCUT2D eigenvalue weighted by Crippen LogP contribution is 2.26. The Labute approximate surface area is 172 Å².